The number of hydrogen-bond donors (Lipinski definition) is 2. The molecule has 1 aliphatic heterocycles. The van der Waals surface area contributed by atoms with Gasteiger partial charge >= 0.3 is 0 Å². The summed E-state index contributed by atoms with van der Waals surface area (Å²) in [5.41, 5.74) is 7.97. The standard InChI is InChI=1S/C18H22FN3O2S.ClH/c1-11-15(10-12-2-4-14(19)5-3-12)25-18(21-11)22-17(23)16(20)13-6-8-24-9-7-13;/h2-5,13,16H,6-10,20H2,1H3,(H,21,22,23);1H. The van der Waals surface area contributed by atoms with Crippen molar-refractivity contribution in [3.05, 3.63) is 46.2 Å². The van der Waals surface area contributed by atoms with Crippen molar-refractivity contribution >= 4 is 34.8 Å². The second-order valence-electron chi connectivity index (χ2n) is 6.30. The summed E-state index contributed by atoms with van der Waals surface area (Å²) in [6, 6.07) is 5.86. The molecular formula is C18H23ClFN3O2S. The fourth-order valence-electron chi connectivity index (χ4n) is 2.91. The van der Waals surface area contributed by atoms with Gasteiger partial charge in [0.2, 0.25) is 5.91 Å². The lowest BCUT2D eigenvalue weighted by Crippen LogP contribution is -2.43. The molecule has 3 N–H and O–H groups in total. The molecule has 2 aromatic rings. The number of halogens is 2. The molecule has 2 heterocycles. The number of ether oxygens (including phenoxy) is 1. The molecule has 1 aliphatic rings. The molecule has 1 saturated heterocycles. The van der Waals surface area contributed by atoms with E-state index in [1.165, 1.54) is 23.5 Å². The number of benzene rings is 1. The molecule has 0 bridgehead atoms. The van der Waals surface area contributed by atoms with E-state index in [1.807, 2.05) is 6.92 Å². The SMILES string of the molecule is Cc1nc(NC(=O)C(N)C2CCOCC2)sc1Cc1ccc(F)cc1.Cl. The number of carbonyl (C=O) groups excluding carboxylic acids is 1. The van der Waals surface area contributed by atoms with E-state index in [0.29, 0.717) is 24.8 Å². The topological polar surface area (TPSA) is 77.2 Å². The summed E-state index contributed by atoms with van der Waals surface area (Å²) < 4.78 is 18.3. The molecule has 3 rings (SSSR count). The molecule has 1 unspecified atom stereocenters. The number of nitrogens with one attached hydrogen (secondary N) is 1. The van der Waals surface area contributed by atoms with Gasteiger partial charge in [0.25, 0.3) is 0 Å². The van der Waals surface area contributed by atoms with Crippen molar-refractivity contribution in [3.8, 4) is 0 Å². The van der Waals surface area contributed by atoms with Crippen LogP contribution in [0.3, 0.4) is 0 Å². The molecule has 1 aromatic heterocycles. The summed E-state index contributed by atoms with van der Waals surface area (Å²) in [5.74, 6) is -0.303. The molecule has 0 saturated carbocycles. The van der Waals surface area contributed by atoms with Crippen LogP contribution in [0.5, 0.6) is 0 Å². The Bertz CT molecular complexity index is 733. The molecule has 0 aliphatic carbocycles. The van der Waals surface area contributed by atoms with Gasteiger partial charge in [-0.05, 0) is 43.4 Å². The Kier molecular flexibility index (Phi) is 7.52. The number of thiazole rings is 1. The zero-order valence-electron chi connectivity index (χ0n) is 14.5. The van der Waals surface area contributed by atoms with E-state index in [2.05, 4.69) is 10.3 Å². The maximum Gasteiger partial charge on any atom is 0.243 e. The van der Waals surface area contributed by atoms with Gasteiger partial charge in [0.05, 0.1) is 11.7 Å². The van der Waals surface area contributed by atoms with Crippen molar-refractivity contribution in [2.45, 2.75) is 32.2 Å². The van der Waals surface area contributed by atoms with Crippen LogP contribution >= 0.6 is 23.7 Å². The minimum absolute atomic E-state index is 0. The fraction of sp³-hybridized carbons (Fsp3) is 0.444. The third kappa shape index (κ3) is 5.23. The van der Waals surface area contributed by atoms with Crippen LogP contribution < -0.4 is 11.1 Å². The lowest BCUT2D eigenvalue weighted by atomic mass is 9.92. The summed E-state index contributed by atoms with van der Waals surface area (Å²) in [6.07, 6.45) is 2.27. The van der Waals surface area contributed by atoms with Crippen LogP contribution in [-0.2, 0) is 16.0 Å². The van der Waals surface area contributed by atoms with Crippen LogP contribution in [0.1, 0.15) is 29.0 Å². The predicted octanol–water partition coefficient (Wildman–Crippen LogP) is 3.30. The predicted molar refractivity (Wildman–Crippen MR) is 103 cm³/mol. The van der Waals surface area contributed by atoms with Crippen LogP contribution in [0.25, 0.3) is 0 Å². The monoisotopic (exact) mass is 399 g/mol. The third-order valence-corrected chi connectivity index (χ3v) is 5.55. The van der Waals surface area contributed by atoms with Crippen molar-refractivity contribution in [2.75, 3.05) is 18.5 Å². The average molecular weight is 400 g/mol. The molecule has 1 amide bonds. The minimum Gasteiger partial charge on any atom is -0.381 e. The second-order valence-corrected chi connectivity index (χ2v) is 7.38. The maximum absolute atomic E-state index is 13.0. The van der Waals surface area contributed by atoms with Crippen molar-refractivity contribution < 1.29 is 13.9 Å². The molecule has 1 atom stereocenters. The minimum atomic E-state index is -0.548. The first-order chi connectivity index (χ1) is 12.0. The highest BCUT2D eigenvalue weighted by molar-refractivity contribution is 7.15. The smallest absolute Gasteiger partial charge is 0.243 e. The zero-order valence-corrected chi connectivity index (χ0v) is 16.2. The molecule has 1 aromatic carbocycles. The highest BCUT2D eigenvalue weighted by Gasteiger charge is 2.27. The lowest BCUT2D eigenvalue weighted by molar-refractivity contribution is -0.119. The third-order valence-electron chi connectivity index (χ3n) is 4.48. The number of aryl methyl sites for hydroxylation is 1. The van der Waals surface area contributed by atoms with Gasteiger partial charge in [0.15, 0.2) is 5.13 Å². The number of anilines is 1. The normalized spacial score (nSPS) is 16.0. The van der Waals surface area contributed by atoms with Gasteiger partial charge in [-0.3, -0.25) is 4.79 Å². The number of hydrogen-bond acceptors (Lipinski definition) is 5. The molecule has 0 radical (unpaired) electrons. The van der Waals surface area contributed by atoms with Crippen molar-refractivity contribution in [3.63, 3.8) is 0 Å². The van der Waals surface area contributed by atoms with Gasteiger partial charge in [-0.2, -0.15) is 0 Å². The lowest BCUT2D eigenvalue weighted by Gasteiger charge is -2.26. The molecular weight excluding hydrogens is 377 g/mol. The molecule has 5 nitrogen and oxygen atoms in total. The van der Waals surface area contributed by atoms with Crippen LogP contribution in [0.15, 0.2) is 24.3 Å². The Morgan fingerprint density at radius 2 is 2.04 bits per heavy atom. The van der Waals surface area contributed by atoms with Gasteiger partial charge in [0.1, 0.15) is 5.82 Å². The van der Waals surface area contributed by atoms with Gasteiger partial charge in [-0.1, -0.05) is 12.1 Å². The summed E-state index contributed by atoms with van der Waals surface area (Å²) >= 11 is 1.43. The Labute approximate surface area is 162 Å². The summed E-state index contributed by atoms with van der Waals surface area (Å²) in [4.78, 5) is 17.8. The first-order valence-electron chi connectivity index (χ1n) is 8.38. The summed E-state index contributed by atoms with van der Waals surface area (Å²) in [5, 5.41) is 3.40. The number of nitrogens with two attached hydrogens (primary N) is 1. The molecule has 0 spiro atoms. The number of rotatable bonds is 5. The van der Waals surface area contributed by atoms with Crippen LogP contribution in [0.4, 0.5) is 9.52 Å². The number of aromatic nitrogens is 1. The van der Waals surface area contributed by atoms with Crippen molar-refractivity contribution in [1.29, 1.82) is 0 Å². The Morgan fingerprint density at radius 1 is 1.38 bits per heavy atom. The Morgan fingerprint density at radius 3 is 2.69 bits per heavy atom. The van der Waals surface area contributed by atoms with E-state index < -0.39 is 6.04 Å². The first-order valence-corrected chi connectivity index (χ1v) is 9.19. The van der Waals surface area contributed by atoms with Gasteiger partial charge in [0, 0.05) is 24.5 Å². The molecule has 26 heavy (non-hydrogen) atoms. The maximum atomic E-state index is 13.0. The number of nitrogens with zero attached hydrogens (tertiary/aromatic N) is 1. The summed E-state index contributed by atoms with van der Waals surface area (Å²) in [6.45, 7) is 3.22. The quantitative estimate of drug-likeness (QED) is 0.808. The summed E-state index contributed by atoms with van der Waals surface area (Å²) in [7, 11) is 0. The van der Waals surface area contributed by atoms with E-state index in [0.717, 1.165) is 29.0 Å². The van der Waals surface area contributed by atoms with E-state index in [4.69, 9.17) is 10.5 Å². The number of amides is 1. The van der Waals surface area contributed by atoms with Crippen molar-refractivity contribution in [2.24, 2.45) is 11.7 Å². The Hall–Kier alpha value is -1.54. The van der Waals surface area contributed by atoms with E-state index in [9.17, 15) is 9.18 Å². The van der Waals surface area contributed by atoms with Crippen LogP contribution in [-0.4, -0.2) is 30.1 Å². The van der Waals surface area contributed by atoms with Crippen LogP contribution in [0, 0.1) is 18.7 Å². The zero-order chi connectivity index (χ0) is 17.8. The average Bonchev–Trinajstić information content (AvgIpc) is 2.96. The van der Waals surface area contributed by atoms with Crippen molar-refractivity contribution in [1.82, 2.24) is 4.98 Å². The van der Waals surface area contributed by atoms with Crippen LogP contribution in [0.2, 0.25) is 0 Å². The Balaban J connectivity index is 0.00000243. The largest absolute Gasteiger partial charge is 0.381 e. The van der Waals surface area contributed by atoms with Gasteiger partial charge in [-0.15, -0.1) is 23.7 Å². The highest BCUT2D eigenvalue weighted by Crippen LogP contribution is 2.26. The van der Waals surface area contributed by atoms with Gasteiger partial charge < -0.3 is 15.8 Å². The highest BCUT2D eigenvalue weighted by atomic mass is 35.5. The molecule has 142 valence electrons. The molecule has 1 fully saturated rings. The fourth-order valence-corrected chi connectivity index (χ4v) is 3.91. The molecule has 8 heteroatoms. The number of carbonyl (C=O) groups is 1. The van der Waals surface area contributed by atoms with E-state index >= 15 is 0 Å². The van der Waals surface area contributed by atoms with E-state index in [1.54, 1.807) is 12.1 Å². The van der Waals surface area contributed by atoms with E-state index in [-0.39, 0.29) is 30.0 Å². The second kappa shape index (κ2) is 9.41. The first kappa shape index (κ1) is 20.8. The van der Waals surface area contributed by atoms with Gasteiger partial charge in [-0.25, -0.2) is 9.37 Å².